The summed E-state index contributed by atoms with van der Waals surface area (Å²) in [6, 6.07) is 4.94. The van der Waals surface area contributed by atoms with Gasteiger partial charge in [-0.3, -0.25) is 9.69 Å². The molecule has 0 radical (unpaired) electrons. The Morgan fingerprint density at radius 2 is 1.81 bits per heavy atom. The molecular formula is C22H36N4O. The Morgan fingerprint density at radius 3 is 2.48 bits per heavy atom. The second-order valence-corrected chi connectivity index (χ2v) is 8.58. The number of anilines is 1. The second-order valence-electron chi connectivity index (χ2n) is 8.58. The number of nitrogens with zero attached hydrogens (tertiary/aromatic N) is 3. The molecule has 0 unspecified atom stereocenters. The van der Waals surface area contributed by atoms with Crippen molar-refractivity contribution < 1.29 is 4.79 Å². The van der Waals surface area contributed by atoms with Crippen molar-refractivity contribution in [3.63, 3.8) is 0 Å². The number of hydrogen-bond acceptors (Lipinski definition) is 4. The minimum Gasteiger partial charge on any atom is -0.367 e. The average Bonchev–Trinajstić information content (AvgIpc) is 2.95. The Morgan fingerprint density at radius 1 is 1.04 bits per heavy atom. The van der Waals surface area contributed by atoms with E-state index in [2.05, 4.69) is 36.0 Å². The molecule has 0 bridgehead atoms. The van der Waals surface area contributed by atoms with Gasteiger partial charge in [0.1, 0.15) is 5.82 Å². The molecule has 2 aliphatic rings. The molecule has 150 valence electrons. The summed E-state index contributed by atoms with van der Waals surface area (Å²) in [6.45, 7) is 10.3. The van der Waals surface area contributed by atoms with E-state index in [1.54, 1.807) is 6.20 Å². The van der Waals surface area contributed by atoms with Crippen LogP contribution in [0.25, 0.3) is 0 Å². The summed E-state index contributed by atoms with van der Waals surface area (Å²) >= 11 is 0. The van der Waals surface area contributed by atoms with Gasteiger partial charge in [-0.15, -0.1) is 0 Å². The van der Waals surface area contributed by atoms with Crippen LogP contribution in [0.5, 0.6) is 0 Å². The summed E-state index contributed by atoms with van der Waals surface area (Å²) in [5.41, 5.74) is 0.698. The first-order chi connectivity index (χ1) is 13.0. The van der Waals surface area contributed by atoms with Gasteiger partial charge in [-0.2, -0.15) is 0 Å². The molecule has 0 spiro atoms. The lowest BCUT2D eigenvalue weighted by Crippen LogP contribution is -2.40. The lowest BCUT2D eigenvalue weighted by Gasteiger charge is -2.33. The number of rotatable bonds is 5. The Balaban J connectivity index is 1.55. The standard InChI is InChI=1S/C22H36N4O/c1-17(2)18(3)24-21-11-10-19(16-23-21)22(27)26-13-7-12-25(14-15-26)20-8-5-4-6-9-20/h10-11,16-18,20H,4-9,12-15H2,1-3H3,(H,23,24)/t18-/m1/s1. The molecule has 2 fully saturated rings. The van der Waals surface area contributed by atoms with Gasteiger partial charge in [0.25, 0.3) is 5.91 Å². The zero-order chi connectivity index (χ0) is 19.2. The van der Waals surface area contributed by atoms with Crippen LogP contribution in [-0.4, -0.2) is 59.0 Å². The van der Waals surface area contributed by atoms with Crippen molar-refractivity contribution in [3.05, 3.63) is 23.9 Å². The van der Waals surface area contributed by atoms with Gasteiger partial charge in [0.2, 0.25) is 0 Å². The molecule has 27 heavy (non-hydrogen) atoms. The molecule has 1 aliphatic heterocycles. The molecule has 1 N–H and O–H groups in total. The molecule has 1 saturated heterocycles. The van der Waals surface area contributed by atoms with E-state index in [1.165, 1.54) is 32.1 Å². The number of hydrogen-bond donors (Lipinski definition) is 1. The normalized spacial score (nSPS) is 21.1. The number of nitrogens with one attached hydrogen (secondary N) is 1. The third-order valence-corrected chi connectivity index (χ3v) is 6.29. The highest BCUT2D eigenvalue weighted by Gasteiger charge is 2.25. The van der Waals surface area contributed by atoms with E-state index >= 15 is 0 Å². The second kappa shape index (κ2) is 9.54. The lowest BCUT2D eigenvalue weighted by molar-refractivity contribution is 0.0754. The highest BCUT2D eigenvalue weighted by atomic mass is 16.2. The fourth-order valence-corrected chi connectivity index (χ4v) is 4.14. The third kappa shape index (κ3) is 5.44. The third-order valence-electron chi connectivity index (χ3n) is 6.29. The predicted octanol–water partition coefficient (Wildman–Crippen LogP) is 4.02. The van der Waals surface area contributed by atoms with Crippen molar-refractivity contribution in [1.82, 2.24) is 14.8 Å². The lowest BCUT2D eigenvalue weighted by atomic mass is 9.94. The van der Waals surface area contributed by atoms with Crippen molar-refractivity contribution in [2.75, 3.05) is 31.5 Å². The zero-order valence-electron chi connectivity index (χ0n) is 17.3. The summed E-state index contributed by atoms with van der Waals surface area (Å²) < 4.78 is 0. The maximum atomic E-state index is 12.9. The minimum absolute atomic E-state index is 0.122. The van der Waals surface area contributed by atoms with Gasteiger partial charge in [-0.1, -0.05) is 33.1 Å². The Labute approximate surface area is 164 Å². The molecule has 3 rings (SSSR count). The quantitative estimate of drug-likeness (QED) is 0.848. The SMILES string of the molecule is CC(C)[C@@H](C)Nc1ccc(C(=O)N2CCCN(C3CCCCC3)CC2)cn1. The van der Waals surface area contributed by atoms with E-state index in [0.717, 1.165) is 44.5 Å². The first-order valence-corrected chi connectivity index (χ1v) is 10.8. The van der Waals surface area contributed by atoms with Gasteiger partial charge in [0, 0.05) is 44.5 Å². The predicted molar refractivity (Wildman–Crippen MR) is 111 cm³/mol. The maximum absolute atomic E-state index is 12.9. The van der Waals surface area contributed by atoms with Gasteiger partial charge >= 0.3 is 0 Å². The monoisotopic (exact) mass is 372 g/mol. The fraction of sp³-hybridized carbons (Fsp3) is 0.727. The van der Waals surface area contributed by atoms with Crippen LogP contribution in [0, 0.1) is 5.92 Å². The van der Waals surface area contributed by atoms with Crippen LogP contribution in [0.1, 0.15) is 69.7 Å². The van der Waals surface area contributed by atoms with Crippen LogP contribution in [0.2, 0.25) is 0 Å². The Hall–Kier alpha value is -1.62. The van der Waals surface area contributed by atoms with E-state index in [1.807, 2.05) is 17.0 Å². The van der Waals surface area contributed by atoms with Crippen LogP contribution in [0.4, 0.5) is 5.82 Å². The van der Waals surface area contributed by atoms with Crippen LogP contribution in [0.15, 0.2) is 18.3 Å². The van der Waals surface area contributed by atoms with Gasteiger partial charge in [-0.25, -0.2) is 4.98 Å². The number of amides is 1. The first kappa shape index (κ1) is 20.1. The van der Waals surface area contributed by atoms with E-state index in [0.29, 0.717) is 17.5 Å². The van der Waals surface area contributed by atoms with Crippen molar-refractivity contribution >= 4 is 11.7 Å². The van der Waals surface area contributed by atoms with Crippen LogP contribution < -0.4 is 5.32 Å². The van der Waals surface area contributed by atoms with Gasteiger partial charge in [-0.05, 0) is 44.2 Å². The zero-order valence-corrected chi connectivity index (χ0v) is 17.3. The van der Waals surface area contributed by atoms with Crippen LogP contribution >= 0.6 is 0 Å². The largest absolute Gasteiger partial charge is 0.367 e. The summed E-state index contributed by atoms with van der Waals surface area (Å²) in [5, 5.41) is 3.40. The van der Waals surface area contributed by atoms with Crippen molar-refractivity contribution in [1.29, 1.82) is 0 Å². The number of carbonyl (C=O) groups is 1. The summed E-state index contributed by atoms with van der Waals surface area (Å²) in [6.07, 6.45) is 9.59. The molecule has 0 aromatic carbocycles. The number of aromatic nitrogens is 1. The molecule has 5 nitrogen and oxygen atoms in total. The molecular weight excluding hydrogens is 336 g/mol. The highest BCUT2D eigenvalue weighted by Crippen LogP contribution is 2.24. The van der Waals surface area contributed by atoms with Crippen LogP contribution in [0.3, 0.4) is 0 Å². The Kier molecular flexibility index (Phi) is 7.11. The van der Waals surface area contributed by atoms with E-state index < -0.39 is 0 Å². The number of carbonyl (C=O) groups excluding carboxylic acids is 1. The van der Waals surface area contributed by atoms with Crippen LogP contribution in [-0.2, 0) is 0 Å². The summed E-state index contributed by atoms with van der Waals surface area (Å²) in [7, 11) is 0. The van der Waals surface area contributed by atoms with Crippen molar-refractivity contribution in [3.8, 4) is 0 Å². The van der Waals surface area contributed by atoms with Crippen molar-refractivity contribution in [2.24, 2.45) is 5.92 Å². The molecule has 1 aromatic rings. The topological polar surface area (TPSA) is 48.5 Å². The molecule has 1 aliphatic carbocycles. The molecule has 2 heterocycles. The van der Waals surface area contributed by atoms with E-state index in [4.69, 9.17) is 0 Å². The molecule has 5 heteroatoms. The van der Waals surface area contributed by atoms with E-state index in [9.17, 15) is 4.79 Å². The number of pyridine rings is 1. The average molecular weight is 373 g/mol. The maximum Gasteiger partial charge on any atom is 0.255 e. The molecule has 1 aromatic heterocycles. The minimum atomic E-state index is 0.122. The fourth-order valence-electron chi connectivity index (χ4n) is 4.14. The molecule has 1 atom stereocenters. The van der Waals surface area contributed by atoms with Gasteiger partial charge < -0.3 is 10.2 Å². The summed E-state index contributed by atoms with van der Waals surface area (Å²) in [4.78, 5) is 22.0. The van der Waals surface area contributed by atoms with Crippen molar-refractivity contribution in [2.45, 2.75) is 71.4 Å². The van der Waals surface area contributed by atoms with Gasteiger partial charge in [0.05, 0.1) is 5.56 Å². The first-order valence-electron chi connectivity index (χ1n) is 10.8. The Bertz CT molecular complexity index is 595. The smallest absolute Gasteiger partial charge is 0.255 e. The van der Waals surface area contributed by atoms with E-state index in [-0.39, 0.29) is 5.91 Å². The molecule has 1 saturated carbocycles. The molecule has 1 amide bonds. The summed E-state index contributed by atoms with van der Waals surface area (Å²) in [5.74, 6) is 1.50. The van der Waals surface area contributed by atoms with Gasteiger partial charge in [0.15, 0.2) is 0 Å². The highest BCUT2D eigenvalue weighted by molar-refractivity contribution is 5.94.